The number of aromatic nitrogens is 2. The molecule has 0 fully saturated rings. The zero-order chi connectivity index (χ0) is 9.97. The van der Waals surface area contributed by atoms with E-state index < -0.39 is 0 Å². The molecule has 4 heteroatoms. The summed E-state index contributed by atoms with van der Waals surface area (Å²) in [4.78, 5) is 0. The molecule has 1 heterocycles. The highest BCUT2D eigenvalue weighted by molar-refractivity contribution is 5.40. The summed E-state index contributed by atoms with van der Waals surface area (Å²) in [6.07, 6.45) is 2.98. The number of nitrogen functional groups attached to an aromatic ring is 1. The van der Waals surface area contributed by atoms with Gasteiger partial charge in [0.25, 0.3) is 0 Å². The van der Waals surface area contributed by atoms with Crippen LogP contribution in [0.2, 0.25) is 0 Å². The van der Waals surface area contributed by atoms with Gasteiger partial charge in [-0.3, -0.25) is 4.68 Å². The van der Waals surface area contributed by atoms with Gasteiger partial charge in [-0.15, -0.1) is 0 Å². The van der Waals surface area contributed by atoms with Gasteiger partial charge in [-0.1, -0.05) is 12.1 Å². The third-order valence-corrected chi connectivity index (χ3v) is 1.92. The Morgan fingerprint density at radius 3 is 2.93 bits per heavy atom. The van der Waals surface area contributed by atoms with Crippen molar-refractivity contribution < 1.29 is 5.11 Å². The molecule has 2 rings (SSSR count). The number of rotatable bonds is 2. The van der Waals surface area contributed by atoms with Gasteiger partial charge in [0, 0.05) is 5.69 Å². The van der Waals surface area contributed by atoms with Crippen LogP contribution >= 0.6 is 0 Å². The number of anilines is 1. The summed E-state index contributed by atoms with van der Waals surface area (Å²) >= 11 is 0. The van der Waals surface area contributed by atoms with Gasteiger partial charge < -0.3 is 10.8 Å². The predicted molar refractivity (Wildman–Crippen MR) is 53.8 cm³/mol. The third-order valence-electron chi connectivity index (χ3n) is 1.92. The summed E-state index contributed by atoms with van der Waals surface area (Å²) in [6.45, 7) is 0.617. The normalized spacial score (nSPS) is 10.3. The van der Waals surface area contributed by atoms with Crippen LogP contribution in [0.5, 0.6) is 5.75 Å². The first-order chi connectivity index (χ1) is 6.74. The number of benzene rings is 1. The maximum absolute atomic E-state index is 9.08. The molecule has 14 heavy (non-hydrogen) atoms. The molecule has 0 spiro atoms. The summed E-state index contributed by atoms with van der Waals surface area (Å²) in [5.74, 6) is 0.175. The molecule has 1 aromatic carbocycles. The molecular weight excluding hydrogens is 178 g/mol. The number of aromatic hydroxyl groups is 1. The second-order valence-electron chi connectivity index (χ2n) is 3.14. The Morgan fingerprint density at radius 1 is 1.43 bits per heavy atom. The van der Waals surface area contributed by atoms with E-state index in [2.05, 4.69) is 5.10 Å². The molecule has 0 bridgehead atoms. The molecule has 0 unspecified atom stereocenters. The van der Waals surface area contributed by atoms with E-state index in [0.717, 1.165) is 11.3 Å². The van der Waals surface area contributed by atoms with E-state index >= 15 is 0 Å². The Kier molecular flexibility index (Phi) is 2.10. The first kappa shape index (κ1) is 8.62. The SMILES string of the molecule is Nc1cccc(Cn2cc(O)cn2)c1. The van der Waals surface area contributed by atoms with Crippen LogP contribution in [0.3, 0.4) is 0 Å². The van der Waals surface area contributed by atoms with Crippen molar-refractivity contribution in [1.82, 2.24) is 9.78 Å². The lowest BCUT2D eigenvalue weighted by Crippen LogP contribution is -2.00. The van der Waals surface area contributed by atoms with E-state index in [-0.39, 0.29) is 5.75 Å². The summed E-state index contributed by atoms with van der Waals surface area (Å²) in [5.41, 5.74) is 7.44. The maximum atomic E-state index is 9.08. The Bertz CT molecular complexity index is 436. The van der Waals surface area contributed by atoms with Gasteiger partial charge in [-0.25, -0.2) is 0 Å². The standard InChI is InChI=1S/C10H11N3O/c11-9-3-1-2-8(4-9)6-13-7-10(14)5-12-13/h1-5,7,14H,6,11H2. The quantitative estimate of drug-likeness (QED) is 0.698. The van der Waals surface area contributed by atoms with Crippen molar-refractivity contribution in [1.29, 1.82) is 0 Å². The second kappa shape index (κ2) is 3.41. The van der Waals surface area contributed by atoms with Crippen LogP contribution < -0.4 is 5.73 Å². The minimum absolute atomic E-state index is 0.175. The minimum Gasteiger partial charge on any atom is -0.505 e. The summed E-state index contributed by atoms with van der Waals surface area (Å²) in [6, 6.07) is 7.59. The van der Waals surface area contributed by atoms with E-state index in [4.69, 9.17) is 10.8 Å². The molecule has 0 aliphatic rings. The van der Waals surface area contributed by atoms with Gasteiger partial charge in [0.05, 0.1) is 18.9 Å². The van der Waals surface area contributed by atoms with Gasteiger partial charge in [-0.2, -0.15) is 5.10 Å². The maximum Gasteiger partial charge on any atom is 0.153 e. The summed E-state index contributed by atoms with van der Waals surface area (Å²) < 4.78 is 1.66. The van der Waals surface area contributed by atoms with E-state index in [1.807, 2.05) is 24.3 Å². The van der Waals surface area contributed by atoms with Gasteiger partial charge in [0.2, 0.25) is 0 Å². The molecule has 2 aromatic rings. The summed E-state index contributed by atoms with van der Waals surface area (Å²) in [7, 11) is 0. The number of hydrogen-bond donors (Lipinski definition) is 2. The Hall–Kier alpha value is -1.97. The van der Waals surface area contributed by atoms with Gasteiger partial charge >= 0.3 is 0 Å². The second-order valence-corrected chi connectivity index (χ2v) is 3.14. The molecule has 3 N–H and O–H groups in total. The lowest BCUT2D eigenvalue weighted by atomic mass is 10.2. The Labute approximate surface area is 81.6 Å². The van der Waals surface area contributed by atoms with Crippen LogP contribution in [-0.2, 0) is 6.54 Å². The molecule has 0 aliphatic heterocycles. The van der Waals surface area contributed by atoms with Crippen LogP contribution in [0.1, 0.15) is 5.56 Å². The van der Waals surface area contributed by atoms with E-state index in [0.29, 0.717) is 6.54 Å². The molecule has 4 nitrogen and oxygen atoms in total. The molecule has 0 radical (unpaired) electrons. The molecule has 0 atom stereocenters. The zero-order valence-electron chi connectivity index (χ0n) is 7.59. The molecule has 1 aromatic heterocycles. The van der Waals surface area contributed by atoms with Crippen molar-refractivity contribution >= 4 is 5.69 Å². The average molecular weight is 189 g/mol. The van der Waals surface area contributed by atoms with E-state index in [1.165, 1.54) is 6.20 Å². The van der Waals surface area contributed by atoms with Crippen LogP contribution in [0.25, 0.3) is 0 Å². The third kappa shape index (κ3) is 1.85. The van der Waals surface area contributed by atoms with Crippen LogP contribution in [0, 0.1) is 0 Å². The molecule has 0 saturated heterocycles. The summed E-state index contributed by atoms with van der Waals surface area (Å²) in [5, 5.41) is 13.0. The number of hydrogen-bond acceptors (Lipinski definition) is 3. The number of nitrogens with zero attached hydrogens (tertiary/aromatic N) is 2. The lowest BCUT2D eigenvalue weighted by molar-refractivity contribution is 0.474. The monoisotopic (exact) mass is 189 g/mol. The van der Waals surface area contributed by atoms with Crippen LogP contribution in [-0.4, -0.2) is 14.9 Å². The molecule has 0 aliphatic carbocycles. The average Bonchev–Trinajstić information content (AvgIpc) is 2.51. The largest absolute Gasteiger partial charge is 0.505 e. The van der Waals surface area contributed by atoms with Crippen molar-refractivity contribution in [2.75, 3.05) is 5.73 Å². The van der Waals surface area contributed by atoms with Crippen molar-refractivity contribution in [3.8, 4) is 5.75 Å². The van der Waals surface area contributed by atoms with E-state index in [1.54, 1.807) is 10.9 Å². The molecule has 0 amide bonds. The van der Waals surface area contributed by atoms with Crippen LogP contribution in [0.4, 0.5) is 5.69 Å². The van der Waals surface area contributed by atoms with Gasteiger partial charge in [0.1, 0.15) is 0 Å². The fourth-order valence-electron chi connectivity index (χ4n) is 1.32. The van der Waals surface area contributed by atoms with Crippen molar-refractivity contribution in [2.24, 2.45) is 0 Å². The first-order valence-electron chi connectivity index (χ1n) is 4.30. The first-order valence-corrected chi connectivity index (χ1v) is 4.30. The Morgan fingerprint density at radius 2 is 2.29 bits per heavy atom. The zero-order valence-corrected chi connectivity index (χ0v) is 7.59. The smallest absolute Gasteiger partial charge is 0.153 e. The topological polar surface area (TPSA) is 64.1 Å². The van der Waals surface area contributed by atoms with E-state index in [9.17, 15) is 0 Å². The highest BCUT2D eigenvalue weighted by Crippen LogP contribution is 2.10. The lowest BCUT2D eigenvalue weighted by Gasteiger charge is -2.02. The van der Waals surface area contributed by atoms with Crippen molar-refractivity contribution in [2.45, 2.75) is 6.54 Å². The van der Waals surface area contributed by atoms with Gasteiger partial charge in [0.15, 0.2) is 5.75 Å². The minimum atomic E-state index is 0.175. The Balaban J connectivity index is 2.18. The molecule has 0 saturated carbocycles. The number of nitrogens with two attached hydrogens (primary N) is 1. The fraction of sp³-hybridized carbons (Fsp3) is 0.100. The highest BCUT2D eigenvalue weighted by Gasteiger charge is 1.97. The molecule has 72 valence electrons. The predicted octanol–water partition coefficient (Wildman–Crippen LogP) is 1.22. The fourth-order valence-corrected chi connectivity index (χ4v) is 1.32. The van der Waals surface area contributed by atoms with Gasteiger partial charge in [-0.05, 0) is 17.7 Å². The van der Waals surface area contributed by atoms with Crippen molar-refractivity contribution in [3.05, 3.63) is 42.2 Å². The highest BCUT2D eigenvalue weighted by atomic mass is 16.3. The molecular formula is C10H11N3O. The van der Waals surface area contributed by atoms with Crippen molar-refractivity contribution in [3.63, 3.8) is 0 Å². The van der Waals surface area contributed by atoms with Crippen LogP contribution in [0.15, 0.2) is 36.7 Å².